The molecule has 1 atom stereocenters. The van der Waals surface area contributed by atoms with Crippen molar-refractivity contribution in [2.75, 3.05) is 26.7 Å². The van der Waals surface area contributed by atoms with Crippen LogP contribution in [0.25, 0.3) is 0 Å². The molecule has 8 heteroatoms. The van der Waals surface area contributed by atoms with Gasteiger partial charge in [-0.2, -0.15) is 0 Å². The number of guanidine groups is 1. The van der Waals surface area contributed by atoms with Crippen molar-refractivity contribution in [3.05, 3.63) is 53.3 Å². The normalized spacial score (nSPS) is 11.9. The summed E-state index contributed by atoms with van der Waals surface area (Å²) < 4.78 is 11.3. The molecule has 2 rings (SSSR count). The molecule has 0 fully saturated rings. The number of aliphatic imine (C=N–C) groups is 1. The Morgan fingerprint density at radius 2 is 1.93 bits per heavy atom. The van der Waals surface area contributed by atoms with Gasteiger partial charge in [-0.25, -0.2) is 9.98 Å². The van der Waals surface area contributed by atoms with Crippen molar-refractivity contribution in [2.45, 2.75) is 26.4 Å². The van der Waals surface area contributed by atoms with E-state index in [1.807, 2.05) is 44.2 Å². The van der Waals surface area contributed by atoms with Gasteiger partial charge < -0.3 is 20.1 Å². The van der Waals surface area contributed by atoms with Crippen molar-refractivity contribution in [1.29, 1.82) is 0 Å². The average molecular weight is 519 g/mol. The molecule has 0 aliphatic rings. The monoisotopic (exact) mass is 518 g/mol. The molecule has 6 nitrogen and oxygen atoms in total. The molecule has 0 spiro atoms. The minimum Gasteiger partial charge on any atom is -0.493 e. The van der Waals surface area contributed by atoms with E-state index in [0.717, 1.165) is 42.5 Å². The van der Waals surface area contributed by atoms with Crippen molar-refractivity contribution >= 4 is 41.5 Å². The molecule has 0 saturated heterocycles. The summed E-state index contributed by atoms with van der Waals surface area (Å²) in [7, 11) is 1.63. The van der Waals surface area contributed by atoms with Gasteiger partial charge in [0, 0.05) is 19.3 Å². The minimum atomic E-state index is -0.0859. The first kappa shape index (κ1) is 24.3. The number of hydrogen-bond acceptors (Lipinski definition) is 4. The quantitative estimate of drug-likeness (QED) is 0.228. The maximum absolute atomic E-state index is 5.94. The molecule has 1 unspecified atom stereocenters. The molecule has 0 aliphatic carbocycles. The van der Waals surface area contributed by atoms with E-state index in [9.17, 15) is 0 Å². The van der Waals surface area contributed by atoms with Crippen LogP contribution in [0.15, 0.2) is 47.6 Å². The zero-order valence-corrected chi connectivity index (χ0v) is 19.5. The van der Waals surface area contributed by atoms with Crippen LogP contribution in [0.2, 0.25) is 5.15 Å². The number of halogens is 2. The predicted octanol–water partition coefficient (Wildman–Crippen LogP) is 3.93. The molecule has 0 radical (unpaired) electrons. The highest BCUT2D eigenvalue weighted by Crippen LogP contribution is 2.26. The molecule has 1 heterocycles. The van der Waals surface area contributed by atoms with Gasteiger partial charge in [0.25, 0.3) is 0 Å². The highest BCUT2D eigenvalue weighted by molar-refractivity contribution is 14.0. The molecule has 28 heavy (non-hydrogen) atoms. The number of nitrogens with one attached hydrogen (secondary N) is 2. The van der Waals surface area contributed by atoms with E-state index >= 15 is 0 Å². The molecule has 0 amide bonds. The first-order valence-electron chi connectivity index (χ1n) is 9.04. The predicted molar refractivity (Wildman–Crippen MR) is 125 cm³/mol. The van der Waals surface area contributed by atoms with Gasteiger partial charge in [0.15, 0.2) is 17.5 Å². The Morgan fingerprint density at radius 1 is 1.18 bits per heavy atom. The van der Waals surface area contributed by atoms with Crippen molar-refractivity contribution < 1.29 is 9.47 Å². The number of ether oxygens (including phenoxy) is 2. The third-order valence-corrected chi connectivity index (χ3v) is 3.97. The summed E-state index contributed by atoms with van der Waals surface area (Å²) in [5.74, 6) is 2.20. The topological polar surface area (TPSA) is 67.8 Å². The summed E-state index contributed by atoms with van der Waals surface area (Å²) >= 11 is 5.81. The first-order chi connectivity index (χ1) is 13.1. The number of nitrogens with zero attached hydrogens (tertiary/aromatic N) is 2. The molecule has 1 aromatic carbocycles. The van der Waals surface area contributed by atoms with E-state index in [1.165, 1.54) is 0 Å². The largest absolute Gasteiger partial charge is 0.493 e. The van der Waals surface area contributed by atoms with Crippen LogP contribution in [-0.4, -0.2) is 43.8 Å². The Morgan fingerprint density at radius 3 is 2.57 bits per heavy atom. The SMILES string of the molecule is CCNC(=NCC(C)Oc1ccccc1OC)NCCc1ccc(Cl)nc1.I. The second-order valence-corrected chi connectivity index (χ2v) is 6.35. The Kier molecular flexibility index (Phi) is 11.7. The van der Waals surface area contributed by atoms with E-state index < -0.39 is 0 Å². The van der Waals surface area contributed by atoms with Crippen LogP contribution in [0.3, 0.4) is 0 Å². The highest BCUT2D eigenvalue weighted by Gasteiger charge is 2.08. The zero-order chi connectivity index (χ0) is 19.5. The number of methoxy groups -OCH3 is 1. The van der Waals surface area contributed by atoms with E-state index in [-0.39, 0.29) is 30.1 Å². The van der Waals surface area contributed by atoms with E-state index in [0.29, 0.717) is 11.7 Å². The third-order valence-electron chi connectivity index (χ3n) is 3.74. The lowest BCUT2D eigenvalue weighted by Gasteiger charge is -2.16. The smallest absolute Gasteiger partial charge is 0.191 e. The van der Waals surface area contributed by atoms with Crippen LogP contribution in [0, 0.1) is 0 Å². The Hall–Kier alpha value is -1.74. The lowest BCUT2D eigenvalue weighted by atomic mass is 10.2. The number of pyridine rings is 1. The summed E-state index contributed by atoms with van der Waals surface area (Å²) in [6.45, 7) is 6.08. The van der Waals surface area contributed by atoms with Gasteiger partial charge in [0.05, 0.1) is 13.7 Å². The number of aromatic nitrogens is 1. The van der Waals surface area contributed by atoms with Gasteiger partial charge in [0.2, 0.25) is 0 Å². The fourth-order valence-electron chi connectivity index (χ4n) is 2.41. The summed E-state index contributed by atoms with van der Waals surface area (Å²) in [5, 5.41) is 7.07. The number of para-hydroxylation sites is 2. The number of hydrogen-bond donors (Lipinski definition) is 2. The van der Waals surface area contributed by atoms with Crippen LogP contribution in [0.5, 0.6) is 11.5 Å². The van der Waals surface area contributed by atoms with Gasteiger partial charge in [-0.05, 0) is 44.0 Å². The van der Waals surface area contributed by atoms with Crippen molar-refractivity contribution in [3.8, 4) is 11.5 Å². The molecule has 0 saturated carbocycles. The van der Waals surface area contributed by atoms with Crippen LogP contribution in [-0.2, 0) is 6.42 Å². The lowest BCUT2D eigenvalue weighted by molar-refractivity contribution is 0.219. The van der Waals surface area contributed by atoms with E-state index in [1.54, 1.807) is 19.4 Å². The molecule has 0 bridgehead atoms. The maximum Gasteiger partial charge on any atom is 0.191 e. The molecular weight excluding hydrogens is 491 g/mol. The standard InChI is InChI=1S/C20H27ClN4O2.HI/c1-4-22-20(23-12-11-16-9-10-19(21)24-14-16)25-13-15(2)27-18-8-6-5-7-17(18)26-3;/h5-10,14-15H,4,11-13H2,1-3H3,(H2,22,23,25);1H. The molecule has 0 aliphatic heterocycles. The summed E-state index contributed by atoms with van der Waals surface area (Å²) in [4.78, 5) is 8.69. The summed E-state index contributed by atoms with van der Waals surface area (Å²) in [5.41, 5.74) is 1.12. The van der Waals surface area contributed by atoms with Gasteiger partial charge >= 0.3 is 0 Å². The molecule has 2 aromatic rings. The first-order valence-corrected chi connectivity index (χ1v) is 9.42. The zero-order valence-electron chi connectivity index (χ0n) is 16.4. The second-order valence-electron chi connectivity index (χ2n) is 5.96. The molecule has 2 N–H and O–H groups in total. The van der Waals surface area contributed by atoms with Crippen LogP contribution >= 0.6 is 35.6 Å². The van der Waals surface area contributed by atoms with Gasteiger partial charge in [-0.3, -0.25) is 0 Å². The van der Waals surface area contributed by atoms with Gasteiger partial charge in [-0.1, -0.05) is 29.8 Å². The fraction of sp³-hybridized carbons (Fsp3) is 0.400. The van der Waals surface area contributed by atoms with Gasteiger partial charge in [-0.15, -0.1) is 24.0 Å². The Balaban J connectivity index is 0.00000392. The molecule has 1 aromatic heterocycles. The maximum atomic E-state index is 5.94. The number of benzene rings is 1. The van der Waals surface area contributed by atoms with Crippen LogP contribution < -0.4 is 20.1 Å². The Labute approximate surface area is 189 Å². The van der Waals surface area contributed by atoms with Crippen LogP contribution in [0.4, 0.5) is 0 Å². The average Bonchev–Trinajstić information content (AvgIpc) is 2.68. The summed E-state index contributed by atoms with van der Waals surface area (Å²) in [6.07, 6.45) is 2.54. The third kappa shape index (κ3) is 8.52. The van der Waals surface area contributed by atoms with Crippen molar-refractivity contribution in [1.82, 2.24) is 15.6 Å². The molecule has 154 valence electrons. The van der Waals surface area contributed by atoms with E-state index in [2.05, 4.69) is 20.6 Å². The molecular formula is C20H28ClIN4O2. The minimum absolute atomic E-state index is 0. The summed E-state index contributed by atoms with van der Waals surface area (Å²) in [6, 6.07) is 11.4. The highest BCUT2D eigenvalue weighted by atomic mass is 127. The Bertz CT molecular complexity index is 728. The van der Waals surface area contributed by atoms with Crippen molar-refractivity contribution in [3.63, 3.8) is 0 Å². The fourth-order valence-corrected chi connectivity index (χ4v) is 2.52. The second kappa shape index (κ2) is 13.4. The van der Waals surface area contributed by atoms with Crippen molar-refractivity contribution in [2.24, 2.45) is 4.99 Å². The van der Waals surface area contributed by atoms with E-state index in [4.69, 9.17) is 21.1 Å². The number of rotatable bonds is 9. The lowest BCUT2D eigenvalue weighted by Crippen LogP contribution is -2.39. The van der Waals surface area contributed by atoms with Crippen LogP contribution in [0.1, 0.15) is 19.4 Å². The van der Waals surface area contributed by atoms with Gasteiger partial charge in [0.1, 0.15) is 11.3 Å².